The lowest BCUT2D eigenvalue weighted by atomic mass is 10.1. The molecule has 0 bridgehead atoms. The van der Waals surface area contributed by atoms with Gasteiger partial charge in [-0.2, -0.15) is 0 Å². The van der Waals surface area contributed by atoms with Crippen molar-refractivity contribution in [2.45, 2.75) is 58.6 Å². The Kier molecular flexibility index (Phi) is 7.30. The summed E-state index contributed by atoms with van der Waals surface area (Å²) in [5, 5.41) is 3.62. The summed E-state index contributed by atoms with van der Waals surface area (Å²) in [6.07, 6.45) is 3.81. The van der Waals surface area contributed by atoms with Gasteiger partial charge in [0.2, 0.25) is 0 Å². The maximum absolute atomic E-state index is 12.4. The zero-order chi connectivity index (χ0) is 20.0. The molecule has 1 aromatic rings. The van der Waals surface area contributed by atoms with Gasteiger partial charge in [-0.05, 0) is 53.0 Å². The molecule has 0 unspecified atom stereocenters. The summed E-state index contributed by atoms with van der Waals surface area (Å²) in [4.78, 5) is 30.3. The molecule has 1 saturated heterocycles. The van der Waals surface area contributed by atoms with E-state index in [1.54, 1.807) is 17.9 Å². The van der Waals surface area contributed by atoms with Gasteiger partial charge in [-0.25, -0.2) is 14.6 Å². The number of rotatable bonds is 4. The molecule has 0 aliphatic carbocycles. The second-order valence-corrected chi connectivity index (χ2v) is 7.92. The van der Waals surface area contributed by atoms with Crippen molar-refractivity contribution in [3.63, 3.8) is 0 Å². The maximum atomic E-state index is 12.4. The topological polar surface area (TPSA) is 80.8 Å². The number of anilines is 1. The normalized spacial score (nSPS) is 17.8. The minimum atomic E-state index is -0.540. The van der Waals surface area contributed by atoms with Gasteiger partial charge in [-0.1, -0.05) is 11.6 Å². The molecule has 27 heavy (non-hydrogen) atoms. The first-order valence-corrected chi connectivity index (χ1v) is 9.64. The monoisotopic (exact) mass is 397 g/mol. The number of likely N-dealkylation sites (tertiary alicyclic amines) is 1. The Morgan fingerprint density at radius 1 is 1.37 bits per heavy atom. The standard InChI is InChI=1S/C19H28ClN3O4/c1-5-26-17(24)14-11-21-16(20)10-15(14)22-13-8-6-7-9-23(12-13)18(25)27-19(2,3)4/h10-11,13H,5-9,12H2,1-4H3,(H,21,22)/t13-/m0/s1. The number of pyridine rings is 1. The first kappa shape index (κ1) is 21.3. The number of ether oxygens (including phenoxy) is 2. The zero-order valence-corrected chi connectivity index (χ0v) is 17.1. The van der Waals surface area contributed by atoms with E-state index < -0.39 is 11.6 Å². The molecule has 150 valence electrons. The van der Waals surface area contributed by atoms with Crippen LogP contribution in [0.25, 0.3) is 0 Å². The van der Waals surface area contributed by atoms with Gasteiger partial charge < -0.3 is 19.7 Å². The number of aromatic nitrogens is 1. The second-order valence-electron chi connectivity index (χ2n) is 7.54. The quantitative estimate of drug-likeness (QED) is 0.608. The molecule has 8 heteroatoms. The van der Waals surface area contributed by atoms with Crippen molar-refractivity contribution in [2.24, 2.45) is 0 Å². The van der Waals surface area contributed by atoms with Crippen molar-refractivity contribution in [3.05, 3.63) is 23.0 Å². The summed E-state index contributed by atoms with van der Waals surface area (Å²) in [5.74, 6) is -0.457. The fourth-order valence-corrected chi connectivity index (χ4v) is 3.05. The highest BCUT2D eigenvalue weighted by atomic mass is 35.5. The molecule has 7 nitrogen and oxygen atoms in total. The molecular formula is C19H28ClN3O4. The molecule has 0 spiro atoms. The fourth-order valence-electron chi connectivity index (χ4n) is 2.89. The van der Waals surface area contributed by atoms with Crippen LogP contribution in [0, 0.1) is 0 Å². The number of amides is 1. The highest BCUT2D eigenvalue weighted by molar-refractivity contribution is 6.29. The number of hydrogen-bond acceptors (Lipinski definition) is 6. The van der Waals surface area contributed by atoms with Crippen LogP contribution in [0.1, 0.15) is 57.3 Å². The van der Waals surface area contributed by atoms with E-state index in [0.717, 1.165) is 19.3 Å². The van der Waals surface area contributed by atoms with Crippen LogP contribution in [0.4, 0.5) is 10.5 Å². The smallest absolute Gasteiger partial charge is 0.410 e. The van der Waals surface area contributed by atoms with Gasteiger partial charge in [0.15, 0.2) is 0 Å². The number of carbonyl (C=O) groups is 2. The van der Waals surface area contributed by atoms with Crippen molar-refractivity contribution in [1.29, 1.82) is 0 Å². The summed E-state index contributed by atoms with van der Waals surface area (Å²) in [6.45, 7) is 8.70. The Bertz CT molecular complexity index is 675. The summed E-state index contributed by atoms with van der Waals surface area (Å²) in [6, 6.07) is 1.57. The van der Waals surface area contributed by atoms with E-state index in [-0.39, 0.29) is 23.9 Å². The van der Waals surface area contributed by atoms with Crippen molar-refractivity contribution in [1.82, 2.24) is 9.88 Å². The Balaban J connectivity index is 2.14. The molecule has 1 fully saturated rings. The van der Waals surface area contributed by atoms with E-state index in [1.807, 2.05) is 20.8 Å². The molecule has 0 aromatic carbocycles. The third-order valence-corrected chi connectivity index (χ3v) is 4.26. The molecule has 1 atom stereocenters. The Morgan fingerprint density at radius 3 is 2.78 bits per heavy atom. The van der Waals surface area contributed by atoms with E-state index >= 15 is 0 Å². The van der Waals surface area contributed by atoms with Crippen LogP contribution in [0.5, 0.6) is 0 Å². The van der Waals surface area contributed by atoms with Crippen LogP contribution in [0.3, 0.4) is 0 Å². The van der Waals surface area contributed by atoms with Gasteiger partial charge in [0.1, 0.15) is 16.3 Å². The van der Waals surface area contributed by atoms with Crippen LogP contribution in [-0.4, -0.2) is 53.3 Å². The van der Waals surface area contributed by atoms with Crippen molar-refractivity contribution in [2.75, 3.05) is 25.0 Å². The highest BCUT2D eigenvalue weighted by Gasteiger charge is 2.27. The first-order valence-electron chi connectivity index (χ1n) is 9.26. The molecule has 1 aliphatic rings. The van der Waals surface area contributed by atoms with Gasteiger partial charge in [0.25, 0.3) is 0 Å². The molecule has 2 rings (SSSR count). The lowest BCUT2D eigenvalue weighted by molar-refractivity contribution is 0.0252. The van der Waals surface area contributed by atoms with Crippen LogP contribution >= 0.6 is 11.6 Å². The Morgan fingerprint density at radius 2 is 2.11 bits per heavy atom. The predicted molar refractivity (Wildman–Crippen MR) is 104 cm³/mol. The molecule has 2 heterocycles. The second kappa shape index (κ2) is 9.26. The lowest BCUT2D eigenvalue weighted by Gasteiger charge is -2.29. The van der Waals surface area contributed by atoms with E-state index in [4.69, 9.17) is 21.1 Å². The third kappa shape index (κ3) is 6.57. The van der Waals surface area contributed by atoms with Gasteiger partial charge >= 0.3 is 12.1 Å². The van der Waals surface area contributed by atoms with E-state index in [2.05, 4.69) is 10.3 Å². The lowest BCUT2D eigenvalue weighted by Crippen LogP contribution is -2.42. The molecule has 1 aromatic heterocycles. The summed E-state index contributed by atoms with van der Waals surface area (Å²) in [5.41, 5.74) is 0.348. The van der Waals surface area contributed by atoms with Gasteiger partial charge in [0, 0.05) is 25.3 Å². The Labute approximate surface area is 165 Å². The highest BCUT2D eigenvalue weighted by Crippen LogP contribution is 2.24. The molecule has 0 radical (unpaired) electrons. The maximum Gasteiger partial charge on any atom is 0.410 e. The third-order valence-electron chi connectivity index (χ3n) is 4.05. The zero-order valence-electron chi connectivity index (χ0n) is 16.4. The minimum Gasteiger partial charge on any atom is -0.462 e. The van der Waals surface area contributed by atoms with Crippen LogP contribution in [0.15, 0.2) is 12.3 Å². The average molecular weight is 398 g/mol. The molecule has 1 N–H and O–H groups in total. The van der Waals surface area contributed by atoms with Crippen molar-refractivity contribution in [3.8, 4) is 0 Å². The van der Waals surface area contributed by atoms with E-state index in [0.29, 0.717) is 24.3 Å². The minimum absolute atomic E-state index is 0.0355. The number of carbonyl (C=O) groups excluding carboxylic acids is 2. The van der Waals surface area contributed by atoms with Crippen LogP contribution < -0.4 is 5.32 Å². The summed E-state index contributed by atoms with van der Waals surface area (Å²) in [7, 11) is 0. The SMILES string of the molecule is CCOC(=O)c1cnc(Cl)cc1N[C@H]1CCCCN(C(=O)OC(C)(C)C)C1. The molecule has 0 saturated carbocycles. The van der Waals surface area contributed by atoms with Crippen molar-refractivity contribution < 1.29 is 19.1 Å². The van der Waals surface area contributed by atoms with Crippen molar-refractivity contribution >= 4 is 29.4 Å². The molecule has 1 amide bonds. The van der Waals surface area contributed by atoms with E-state index in [9.17, 15) is 9.59 Å². The van der Waals surface area contributed by atoms with E-state index in [1.165, 1.54) is 6.20 Å². The number of halogens is 1. The van der Waals surface area contributed by atoms with Gasteiger partial charge in [0.05, 0.1) is 12.3 Å². The predicted octanol–water partition coefficient (Wildman–Crippen LogP) is 4.11. The first-order chi connectivity index (χ1) is 12.7. The molecule has 1 aliphatic heterocycles. The number of hydrogen-bond donors (Lipinski definition) is 1. The Hall–Kier alpha value is -2.02. The number of nitrogens with zero attached hydrogens (tertiary/aromatic N) is 2. The van der Waals surface area contributed by atoms with Gasteiger partial charge in [-0.15, -0.1) is 0 Å². The summed E-state index contributed by atoms with van der Waals surface area (Å²) < 4.78 is 10.6. The summed E-state index contributed by atoms with van der Waals surface area (Å²) >= 11 is 6.01. The largest absolute Gasteiger partial charge is 0.462 e. The van der Waals surface area contributed by atoms with Gasteiger partial charge in [-0.3, -0.25) is 0 Å². The number of nitrogens with one attached hydrogen (secondary N) is 1. The number of esters is 1. The molecular weight excluding hydrogens is 370 g/mol. The fraction of sp³-hybridized carbons (Fsp3) is 0.632. The van der Waals surface area contributed by atoms with Crippen LogP contribution in [-0.2, 0) is 9.47 Å². The van der Waals surface area contributed by atoms with Crippen LogP contribution in [0.2, 0.25) is 5.15 Å². The average Bonchev–Trinajstić information content (AvgIpc) is 2.79.